The Labute approximate surface area is 101 Å². The van der Waals surface area contributed by atoms with Crippen molar-refractivity contribution in [2.24, 2.45) is 11.3 Å². The lowest BCUT2D eigenvalue weighted by atomic mass is 9.82. The van der Waals surface area contributed by atoms with Crippen LogP contribution in [0.1, 0.15) is 26.2 Å². The summed E-state index contributed by atoms with van der Waals surface area (Å²) in [4.78, 5) is 22.9. The second-order valence-electron chi connectivity index (χ2n) is 5.35. The molecule has 0 aromatic carbocycles. The van der Waals surface area contributed by atoms with Crippen LogP contribution in [0.15, 0.2) is 0 Å². The van der Waals surface area contributed by atoms with Crippen molar-refractivity contribution < 1.29 is 14.3 Å². The molecule has 2 heterocycles. The summed E-state index contributed by atoms with van der Waals surface area (Å²) < 4.78 is 5.32. The van der Waals surface area contributed by atoms with Gasteiger partial charge in [0.15, 0.2) is 0 Å². The third-order valence-electron chi connectivity index (χ3n) is 3.74. The highest BCUT2D eigenvalue weighted by atomic mass is 16.5. The first-order valence-corrected chi connectivity index (χ1v) is 6.21. The van der Waals surface area contributed by atoms with Crippen molar-refractivity contribution in [3.8, 4) is 0 Å². The molecule has 0 spiro atoms. The summed E-state index contributed by atoms with van der Waals surface area (Å²) in [5.41, 5.74) is 0.143. The zero-order valence-corrected chi connectivity index (χ0v) is 10.3. The van der Waals surface area contributed by atoms with Gasteiger partial charge in [0, 0.05) is 32.7 Å². The predicted molar refractivity (Wildman–Crippen MR) is 62.3 cm³/mol. The van der Waals surface area contributed by atoms with Gasteiger partial charge in [-0.05, 0) is 18.3 Å². The first-order valence-electron chi connectivity index (χ1n) is 6.21. The first-order chi connectivity index (χ1) is 8.09. The molecule has 2 fully saturated rings. The lowest BCUT2D eigenvalue weighted by Crippen LogP contribution is -2.42. The number of carbonyl (C=O) groups is 2. The van der Waals surface area contributed by atoms with Gasteiger partial charge in [-0.1, -0.05) is 6.92 Å². The van der Waals surface area contributed by atoms with E-state index in [9.17, 15) is 9.59 Å². The molecule has 0 radical (unpaired) electrons. The molecule has 17 heavy (non-hydrogen) atoms. The number of nitrogens with one attached hydrogen (secondary N) is 2. The maximum Gasteiger partial charge on any atom is 0.225 e. The summed E-state index contributed by atoms with van der Waals surface area (Å²) in [5, 5.41) is 5.65. The van der Waals surface area contributed by atoms with E-state index in [1.54, 1.807) is 0 Å². The molecular weight excluding hydrogens is 220 g/mol. The van der Waals surface area contributed by atoms with Gasteiger partial charge in [-0.15, -0.1) is 0 Å². The monoisotopic (exact) mass is 240 g/mol. The smallest absolute Gasteiger partial charge is 0.225 e. The SMILES string of the molecule is CC1(CNC(=O)C2CNC(=O)C2)CCOCC1. The lowest BCUT2D eigenvalue weighted by Gasteiger charge is -2.33. The van der Waals surface area contributed by atoms with Crippen molar-refractivity contribution in [1.82, 2.24) is 10.6 Å². The van der Waals surface area contributed by atoms with E-state index in [1.807, 2.05) is 0 Å². The van der Waals surface area contributed by atoms with Crippen molar-refractivity contribution in [3.63, 3.8) is 0 Å². The largest absolute Gasteiger partial charge is 0.381 e. The van der Waals surface area contributed by atoms with E-state index in [1.165, 1.54) is 0 Å². The fraction of sp³-hybridized carbons (Fsp3) is 0.833. The van der Waals surface area contributed by atoms with Crippen molar-refractivity contribution in [3.05, 3.63) is 0 Å². The molecule has 2 aliphatic rings. The molecule has 2 rings (SSSR count). The van der Waals surface area contributed by atoms with Gasteiger partial charge in [-0.3, -0.25) is 9.59 Å². The standard InChI is InChI=1S/C12H20N2O3/c1-12(2-4-17-5-3-12)8-14-11(16)9-6-10(15)13-7-9/h9H,2-8H2,1H3,(H,13,15)(H,14,16). The molecule has 96 valence electrons. The summed E-state index contributed by atoms with van der Waals surface area (Å²) in [6, 6.07) is 0. The predicted octanol–water partition coefficient (Wildman–Crippen LogP) is 0.0554. The van der Waals surface area contributed by atoms with Gasteiger partial charge in [-0.2, -0.15) is 0 Å². The van der Waals surface area contributed by atoms with Gasteiger partial charge < -0.3 is 15.4 Å². The molecule has 5 nitrogen and oxygen atoms in total. The van der Waals surface area contributed by atoms with Gasteiger partial charge in [-0.25, -0.2) is 0 Å². The highest BCUT2D eigenvalue weighted by Crippen LogP contribution is 2.28. The molecular formula is C12H20N2O3. The molecule has 0 bridgehead atoms. The van der Waals surface area contributed by atoms with Crippen LogP contribution in [0.4, 0.5) is 0 Å². The van der Waals surface area contributed by atoms with Gasteiger partial charge in [0.05, 0.1) is 5.92 Å². The number of ether oxygens (including phenoxy) is 1. The number of hydrogen-bond donors (Lipinski definition) is 2. The van der Waals surface area contributed by atoms with Gasteiger partial charge in [0.25, 0.3) is 0 Å². The van der Waals surface area contributed by atoms with Crippen LogP contribution in [0.3, 0.4) is 0 Å². The first kappa shape index (κ1) is 12.4. The Morgan fingerprint density at radius 3 is 2.82 bits per heavy atom. The summed E-state index contributed by atoms with van der Waals surface area (Å²) >= 11 is 0. The number of amides is 2. The molecule has 1 atom stereocenters. The quantitative estimate of drug-likeness (QED) is 0.733. The van der Waals surface area contributed by atoms with Crippen LogP contribution in [-0.2, 0) is 14.3 Å². The maximum atomic E-state index is 11.8. The van der Waals surface area contributed by atoms with Gasteiger partial charge in [0.2, 0.25) is 11.8 Å². The topological polar surface area (TPSA) is 67.4 Å². The Morgan fingerprint density at radius 1 is 1.53 bits per heavy atom. The highest BCUT2D eigenvalue weighted by molar-refractivity contribution is 5.89. The summed E-state index contributed by atoms with van der Waals surface area (Å²) in [7, 11) is 0. The summed E-state index contributed by atoms with van der Waals surface area (Å²) in [5.74, 6) is -0.218. The Morgan fingerprint density at radius 2 is 2.24 bits per heavy atom. The minimum atomic E-state index is -0.189. The average molecular weight is 240 g/mol. The average Bonchev–Trinajstić information content (AvgIpc) is 2.74. The van der Waals surface area contributed by atoms with Crippen molar-refractivity contribution >= 4 is 11.8 Å². The van der Waals surface area contributed by atoms with E-state index in [-0.39, 0.29) is 23.1 Å². The zero-order chi connectivity index (χ0) is 12.3. The Balaban J connectivity index is 1.77. The Kier molecular flexibility index (Phi) is 3.66. The van der Waals surface area contributed by atoms with Crippen LogP contribution < -0.4 is 10.6 Å². The number of carbonyl (C=O) groups excluding carboxylic acids is 2. The second kappa shape index (κ2) is 5.04. The van der Waals surface area contributed by atoms with Crippen LogP contribution in [-0.4, -0.2) is 38.1 Å². The molecule has 2 N–H and O–H groups in total. The Bertz CT molecular complexity index is 311. The van der Waals surface area contributed by atoms with Gasteiger partial charge in [0.1, 0.15) is 0 Å². The van der Waals surface area contributed by atoms with E-state index < -0.39 is 0 Å². The third-order valence-corrected chi connectivity index (χ3v) is 3.74. The van der Waals surface area contributed by atoms with E-state index in [2.05, 4.69) is 17.6 Å². The minimum absolute atomic E-state index is 0.00364. The molecule has 0 aromatic heterocycles. The zero-order valence-electron chi connectivity index (χ0n) is 10.3. The number of rotatable bonds is 3. The van der Waals surface area contributed by atoms with E-state index in [4.69, 9.17) is 4.74 Å². The van der Waals surface area contributed by atoms with Crippen LogP contribution >= 0.6 is 0 Å². The second-order valence-corrected chi connectivity index (χ2v) is 5.35. The Hall–Kier alpha value is -1.10. The van der Waals surface area contributed by atoms with E-state index >= 15 is 0 Å². The summed E-state index contributed by atoms with van der Waals surface area (Å²) in [6.45, 7) is 4.88. The molecule has 2 aliphatic heterocycles. The van der Waals surface area contributed by atoms with E-state index in [0.717, 1.165) is 26.1 Å². The fourth-order valence-corrected chi connectivity index (χ4v) is 2.28. The van der Waals surface area contributed by atoms with Crippen LogP contribution in [0.2, 0.25) is 0 Å². The van der Waals surface area contributed by atoms with Crippen LogP contribution in [0, 0.1) is 11.3 Å². The van der Waals surface area contributed by atoms with Gasteiger partial charge >= 0.3 is 0 Å². The lowest BCUT2D eigenvalue weighted by molar-refractivity contribution is -0.127. The molecule has 0 aromatic rings. The van der Waals surface area contributed by atoms with Crippen molar-refractivity contribution in [2.45, 2.75) is 26.2 Å². The molecule has 1 unspecified atom stereocenters. The third kappa shape index (κ3) is 3.19. The number of hydrogen-bond acceptors (Lipinski definition) is 3. The molecule has 0 aliphatic carbocycles. The maximum absolute atomic E-state index is 11.8. The summed E-state index contributed by atoms with van der Waals surface area (Å²) in [6.07, 6.45) is 2.29. The van der Waals surface area contributed by atoms with Crippen LogP contribution in [0.5, 0.6) is 0 Å². The minimum Gasteiger partial charge on any atom is -0.381 e. The molecule has 0 saturated carbocycles. The van der Waals surface area contributed by atoms with Crippen molar-refractivity contribution in [2.75, 3.05) is 26.3 Å². The van der Waals surface area contributed by atoms with Crippen LogP contribution in [0.25, 0.3) is 0 Å². The highest BCUT2D eigenvalue weighted by Gasteiger charge is 2.31. The van der Waals surface area contributed by atoms with E-state index in [0.29, 0.717) is 19.5 Å². The molecule has 5 heteroatoms. The molecule has 2 saturated heterocycles. The normalized spacial score (nSPS) is 27.6. The fourth-order valence-electron chi connectivity index (χ4n) is 2.28. The molecule has 2 amide bonds. The van der Waals surface area contributed by atoms with Crippen molar-refractivity contribution in [1.29, 1.82) is 0 Å².